The fourth-order valence-corrected chi connectivity index (χ4v) is 6.41. The normalized spacial score (nSPS) is 31.4. The number of anilines is 2. The third kappa shape index (κ3) is 3.63. The predicted octanol–water partition coefficient (Wildman–Crippen LogP) is 3.83. The van der Waals surface area contributed by atoms with Gasteiger partial charge in [-0.15, -0.1) is 0 Å². The SMILES string of the molecule is Cc1cccc(CNc2ncc(C#N)c(NCC34CC5C[C@H](C3)C(N)[C@@H](C5)C4)n2)c1. The van der Waals surface area contributed by atoms with Crippen LogP contribution in [-0.2, 0) is 6.54 Å². The van der Waals surface area contributed by atoms with Gasteiger partial charge in [-0.25, -0.2) is 4.98 Å². The highest BCUT2D eigenvalue weighted by molar-refractivity contribution is 5.53. The van der Waals surface area contributed by atoms with Gasteiger partial charge in [0.05, 0.1) is 6.20 Å². The third-order valence-corrected chi connectivity index (χ3v) is 7.55. The van der Waals surface area contributed by atoms with Crippen LogP contribution in [0.2, 0.25) is 0 Å². The Balaban J connectivity index is 1.28. The monoisotopic (exact) mass is 402 g/mol. The van der Waals surface area contributed by atoms with Crippen molar-refractivity contribution in [1.29, 1.82) is 5.26 Å². The van der Waals surface area contributed by atoms with Gasteiger partial charge in [0.15, 0.2) is 0 Å². The van der Waals surface area contributed by atoms with Gasteiger partial charge in [-0.2, -0.15) is 10.2 Å². The molecule has 0 radical (unpaired) electrons. The summed E-state index contributed by atoms with van der Waals surface area (Å²) >= 11 is 0. The maximum Gasteiger partial charge on any atom is 0.224 e. The summed E-state index contributed by atoms with van der Waals surface area (Å²) in [6.07, 6.45) is 7.93. The van der Waals surface area contributed by atoms with Crippen molar-refractivity contribution in [2.75, 3.05) is 17.2 Å². The van der Waals surface area contributed by atoms with E-state index in [0.717, 1.165) is 12.5 Å². The van der Waals surface area contributed by atoms with Crippen molar-refractivity contribution in [2.45, 2.75) is 51.6 Å². The van der Waals surface area contributed by atoms with Gasteiger partial charge < -0.3 is 16.4 Å². The molecule has 6 rings (SSSR count). The Morgan fingerprint density at radius 1 is 1.20 bits per heavy atom. The van der Waals surface area contributed by atoms with E-state index >= 15 is 0 Å². The summed E-state index contributed by atoms with van der Waals surface area (Å²) in [4.78, 5) is 8.96. The summed E-state index contributed by atoms with van der Waals surface area (Å²) in [5, 5.41) is 16.4. The third-order valence-electron chi connectivity index (χ3n) is 7.55. The van der Waals surface area contributed by atoms with E-state index in [1.54, 1.807) is 6.20 Å². The first-order chi connectivity index (χ1) is 14.5. The topological polar surface area (TPSA) is 99.7 Å². The fraction of sp³-hybridized carbons (Fsp3) is 0.542. The first-order valence-electron chi connectivity index (χ1n) is 11.1. The highest BCUT2D eigenvalue weighted by Gasteiger charge is 2.54. The number of aryl methyl sites for hydroxylation is 1. The summed E-state index contributed by atoms with van der Waals surface area (Å²) in [5.74, 6) is 3.36. The zero-order valence-corrected chi connectivity index (χ0v) is 17.6. The summed E-state index contributed by atoms with van der Waals surface area (Å²) in [6, 6.07) is 11.0. The second kappa shape index (κ2) is 7.55. The van der Waals surface area contributed by atoms with Gasteiger partial charge in [-0.05, 0) is 67.8 Å². The van der Waals surface area contributed by atoms with E-state index in [4.69, 9.17) is 5.73 Å². The molecule has 4 bridgehead atoms. The number of hydrogen-bond acceptors (Lipinski definition) is 6. The average molecular weight is 403 g/mol. The van der Waals surface area contributed by atoms with Crippen molar-refractivity contribution in [3.63, 3.8) is 0 Å². The van der Waals surface area contributed by atoms with Crippen molar-refractivity contribution >= 4 is 11.8 Å². The van der Waals surface area contributed by atoms with E-state index in [-0.39, 0.29) is 0 Å². The van der Waals surface area contributed by atoms with E-state index < -0.39 is 0 Å². The Bertz CT molecular complexity index is 964. The summed E-state index contributed by atoms with van der Waals surface area (Å²) in [7, 11) is 0. The fourth-order valence-electron chi connectivity index (χ4n) is 6.41. The first-order valence-corrected chi connectivity index (χ1v) is 11.1. The van der Waals surface area contributed by atoms with E-state index in [1.165, 1.54) is 43.2 Å². The molecule has 0 spiro atoms. The lowest BCUT2D eigenvalue weighted by Gasteiger charge is -2.59. The van der Waals surface area contributed by atoms with Crippen molar-refractivity contribution in [3.05, 3.63) is 47.2 Å². The molecule has 0 amide bonds. The second-order valence-electron chi connectivity index (χ2n) is 9.81. The Morgan fingerprint density at radius 2 is 2.00 bits per heavy atom. The lowest BCUT2D eigenvalue weighted by Crippen LogP contribution is -2.58. The van der Waals surface area contributed by atoms with E-state index in [1.807, 2.05) is 0 Å². The van der Waals surface area contributed by atoms with Crippen LogP contribution in [0.1, 0.15) is 48.8 Å². The van der Waals surface area contributed by atoms with Crippen LogP contribution in [-0.4, -0.2) is 22.6 Å². The molecule has 3 unspecified atom stereocenters. The molecule has 5 atom stereocenters. The van der Waals surface area contributed by atoms with Gasteiger partial charge in [-0.3, -0.25) is 0 Å². The van der Waals surface area contributed by atoms with Crippen LogP contribution in [0, 0.1) is 41.4 Å². The number of nitrogens with two attached hydrogens (primary N) is 1. The molecule has 0 aliphatic heterocycles. The standard InChI is InChI=1S/C24H30N6/c1-15-3-2-4-16(5-15)12-27-23-28-13-20(11-25)22(30-23)29-14-24-8-17-6-18(9-24)21(26)19(7-17)10-24/h2-5,13,17-19,21H,6-10,12,14,26H2,1H3,(H2,27,28,29,30)/t17?,18-,19+,21?,24?. The zero-order chi connectivity index (χ0) is 20.7. The van der Waals surface area contributed by atoms with Crippen LogP contribution in [0.3, 0.4) is 0 Å². The van der Waals surface area contributed by atoms with Gasteiger partial charge in [0.25, 0.3) is 0 Å². The van der Waals surface area contributed by atoms with E-state index in [2.05, 4.69) is 57.9 Å². The van der Waals surface area contributed by atoms with Crippen LogP contribution < -0.4 is 16.4 Å². The molecule has 30 heavy (non-hydrogen) atoms. The summed E-state index contributed by atoms with van der Waals surface area (Å²) in [5.41, 5.74) is 9.71. The molecule has 2 aromatic rings. The lowest BCUT2D eigenvalue weighted by molar-refractivity contribution is -0.0591. The summed E-state index contributed by atoms with van der Waals surface area (Å²) in [6.45, 7) is 3.60. The number of nitriles is 1. The van der Waals surface area contributed by atoms with E-state index in [9.17, 15) is 5.26 Å². The van der Waals surface area contributed by atoms with Gasteiger partial charge in [-0.1, -0.05) is 29.8 Å². The maximum atomic E-state index is 9.54. The van der Waals surface area contributed by atoms with Crippen LogP contribution in [0.15, 0.2) is 30.5 Å². The smallest absolute Gasteiger partial charge is 0.224 e. The molecular weight excluding hydrogens is 372 g/mol. The highest BCUT2D eigenvalue weighted by Crippen LogP contribution is 2.59. The minimum absolute atomic E-state index is 0.305. The van der Waals surface area contributed by atoms with Crippen LogP contribution in [0.25, 0.3) is 0 Å². The molecule has 1 aromatic heterocycles. The number of nitrogens with zero attached hydrogens (tertiary/aromatic N) is 3. The Hall–Kier alpha value is -2.65. The van der Waals surface area contributed by atoms with E-state index in [0.29, 0.717) is 47.2 Å². The number of nitrogens with one attached hydrogen (secondary N) is 2. The predicted molar refractivity (Wildman–Crippen MR) is 118 cm³/mol. The molecule has 4 aliphatic carbocycles. The molecule has 1 heterocycles. The second-order valence-corrected chi connectivity index (χ2v) is 9.81. The Kier molecular flexibility index (Phi) is 4.86. The van der Waals surface area contributed by atoms with Crippen LogP contribution in [0.5, 0.6) is 0 Å². The number of aromatic nitrogens is 2. The van der Waals surface area contributed by atoms with Gasteiger partial charge in [0.2, 0.25) is 5.95 Å². The van der Waals surface area contributed by atoms with Crippen molar-refractivity contribution in [3.8, 4) is 6.07 Å². The van der Waals surface area contributed by atoms with Crippen molar-refractivity contribution in [1.82, 2.24) is 9.97 Å². The quantitative estimate of drug-likeness (QED) is 0.679. The van der Waals surface area contributed by atoms with Crippen molar-refractivity contribution < 1.29 is 0 Å². The molecule has 6 nitrogen and oxygen atoms in total. The van der Waals surface area contributed by atoms with Crippen LogP contribution >= 0.6 is 0 Å². The van der Waals surface area contributed by atoms with Gasteiger partial charge in [0.1, 0.15) is 17.5 Å². The van der Waals surface area contributed by atoms with Crippen LogP contribution in [0.4, 0.5) is 11.8 Å². The molecule has 156 valence electrons. The molecule has 4 N–H and O–H groups in total. The van der Waals surface area contributed by atoms with Crippen molar-refractivity contribution in [2.24, 2.45) is 28.9 Å². The maximum absolute atomic E-state index is 9.54. The minimum atomic E-state index is 0.305. The molecule has 4 fully saturated rings. The average Bonchev–Trinajstić information content (AvgIpc) is 2.74. The Morgan fingerprint density at radius 3 is 2.73 bits per heavy atom. The molecule has 4 saturated carbocycles. The number of hydrogen-bond donors (Lipinski definition) is 3. The number of benzene rings is 1. The highest BCUT2D eigenvalue weighted by atomic mass is 15.1. The Labute approximate surface area is 178 Å². The number of rotatable bonds is 6. The molecule has 4 aliphatic rings. The molecule has 6 heteroatoms. The molecule has 0 saturated heterocycles. The van der Waals surface area contributed by atoms with Gasteiger partial charge >= 0.3 is 0 Å². The largest absolute Gasteiger partial charge is 0.368 e. The zero-order valence-electron chi connectivity index (χ0n) is 17.6. The molecule has 1 aromatic carbocycles. The first kappa shape index (κ1) is 19.3. The van der Waals surface area contributed by atoms with Gasteiger partial charge in [0, 0.05) is 19.1 Å². The summed E-state index contributed by atoms with van der Waals surface area (Å²) < 4.78 is 0. The molecular formula is C24H30N6. The minimum Gasteiger partial charge on any atom is -0.368 e. The lowest BCUT2D eigenvalue weighted by atomic mass is 9.48.